The Morgan fingerprint density at radius 1 is 1.17 bits per heavy atom. The lowest BCUT2D eigenvalue weighted by Gasteiger charge is -2.52. The molecular weight excluding hydrogens is 446 g/mol. The first-order valence-corrected chi connectivity index (χ1v) is 12.5. The number of nitrogens with zero attached hydrogens (tertiary/aromatic N) is 4. The number of aromatic amines is 1. The average molecular weight is 482 g/mol. The number of aromatic nitrogens is 4. The summed E-state index contributed by atoms with van der Waals surface area (Å²) < 4.78 is 12.9. The molecule has 0 radical (unpaired) electrons. The maximum absolute atomic E-state index is 12.8. The third-order valence-electron chi connectivity index (χ3n) is 7.23. The Labute approximate surface area is 204 Å². The highest BCUT2D eigenvalue weighted by Crippen LogP contribution is 2.39. The Morgan fingerprint density at radius 3 is 2.71 bits per heavy atom. The Kier molecular flexibility index (Phi) is 6.66. The molecular formula is C25H35N7O3. The molecule has 10 nitrogen and oxygen atoms in total. The topological polar surface area (TPSA) is 123 Å². The van der Waals surface area contributed by atoms with Gasteiger partial charge in [0.05, 0.1) is 20.3 Å². The predicted octanol–water partition coefficient (Wildman–Crippen LogP) is 2.12. The summed E-state index contributed by atoms with van der Waals surface area (Å²) in [5.74, 6) is 0.947. The highest BCUT2D eigenvalue weighted by Gasteiger charge is 2.42. The molecule has 0 saturated carbocycles. The standard InChI is InChI=1S/C25H35N7O3/c1-3-4-11-35-23-29-21(26)20-22(30-23)32(24(33)28-20)14-18-6-5-17(12-19(18)34-2)13-31-15-25(16-31)7-9-27-10-8-25/h5-6,12,27H,3-4,7-11,13-16H2,1-2H3,(H,28,33)(H2,26,29,30). The number of nitrogen functional groups attached to an aromatic ring is 1. The summed E-state index contributed by atoms with van der Waals surface area (Å²) in [4.78, 5) is 26.7. The van der Waals surface area contributed by atoms with E-state index in [1.165, 1.54) is 18.4 Å². The number of likely N-dealkylation sites (tertiary alicyclic amines) is 1. The summed E-state index contributed by atoms with van der Waals surface area (Å²) in [6, 6.07) is 6.40. The zero-order valence-electron chi connectivity index (χ0n) is 20.6. The van der Waals surface area contributed by atoms with Crippen molar-refractivity contribution < 1.29 is 9.47 Å². The van der Waals surface area contributed by atoms with E-state index in [0.717, 1.165) is 56.9 Å². The number of unbranched alkanes of at least 4 members (excludes halogenated alkanes) is 1. The lowest BCUT2D eigenvalue weighted by Crippen LogP contribution is -2.59. The Balaban J connectivity index is 1.33. The van der Waals surface area contributed by atoms with E-state index >= 15 is 0 Å². The molecule has 2 aliphatic heterocycles. The fourth-order valence-electron chi connectivity index (χ4n) is 5.28. The van der Waals surface area contributed by atoms with Crippen LogP contribution in [0.25, 0.3) is 11.2 Å². The van der Waals surface area contributed by atoms with Gasteiger partial charge in [-0.1, -0.05) is 25.5 Å². The zero-order valence-corrected chi connectivity index (χ0v) is 20.6. The fourth-order valence-corrected chi connectivity index (χ4v) is 5.28. The molecule has 0 bridgehead atoms. The number of rotatable bonds is 9. The van der Waals surface area contributed by atoms with Crippen molar-refractivity contribution in [1.29, 1.82) is 0 Å². The van der Waals surface area contributed by atoms with Gasteiger partial charge in [-0.2, -0.15) is 9.97 Å². The summed E-state index contributed by atoms with van der Waals surface area (Å²) in [6.45, 7) is 8.37. The highest BCUT2D eigenvalue weighted by molar-refractivity contribution is 5.82. The quantitative estimate of drug-likeness (QED) is 0.397. The van der Waals surface area contributed by atoms with Crippen LogP contribution in [-0.4, -0.2) is 64.3 Å². The van der Waals surface area contributed by atoms with Gasteiger partial charge in [0.25, 0.3) is 0 Å². The number of anilines is 1. The zero-order chi connectivity index (χ0) is 24.4. The van der Waals surface area contributed by atoms with E-state index in [4.69, 9.17) is 15.2 Å². The van der Waals surface area contributed by atoms with Crippen LogP contribution in [0.1, 0.15) is 43.7 Å². The number of methoxy groups -OCH3 is 1. The van der Waals surface area contributed by atoms with E-state index < -0.39 is 0 Å². The lowest BCUT2D eigenvalue weighted by molar-refractivity contribution is -0.0282. The number of piperidine rings is 1. The number of hydrogen-bond donors (Lipinski definition) is 3. The molecule has 1 aromatic carbocycles. The van der Waals surface area contributed by atoms with E-state index in [9.17, 15) is 4.79 Å². The summed E-state index contributed by atoms with van der Waals surface area (Å²) in [6.07, 6.45) is 4.42. The van der Waals surface area contributed by atoms with Crippen LogP contribution in [0.5, 0.6) is 11.8 Å². The number of nitrogens with one attached hydrogen (secondary N) is 2. The van der Waals surface area contributed by atoms with E-state index in [1.54, 1.807) is 11.7 Å². The molecule has 2 fully saturated rings. The second-order valence-electron chi connectivity index (χ2n) is 9.85. The van der Waals surface area contributed by atoms with Crippen LogP contribution in [0.2, 0.25) is 0 Å². The van der Waals surface area contributed by atoms with E-state index in [0.29, 0.717) is 29.7 Å². The van der Waals surface area contributed by atoms with Crippen LogP contribution in [0.3, 0.4) is 0 Å². The summed E-state index contributed by atoms with van der Waals surface area (Å²) in [5.41, 5.74) is 9.23. The molecule has 4 heterocycles. The summed E-state index contributed by atoms with van der Waals surface area (Å²) in [5, 5.41) is 3.46. The second kappa shape index (κ2) is 9.87. The third kappa shape index (κ3) is 4.85. The van der Waals surface area contributed by atoms with Crippen LogP contribution in [-0.2, 0) is 13.1 Å². The molecule has 3 aromatic rings. The van der Waals surface area contributed by atoms with Gasteiger partial charge in [0.1, 0.15) is 11.3 Å². The number of fused-ring (bicyclic) bond motifs is 1. The molecule has 0 unspecified atom stereocenters. The fraction of sp³-hybridized carbons (Fsp3) is 0.560. The summed E-state index contributed by atoms with van der Waals surface area (Å²) >= 11 is 0. The van der Waals surface area contributed by atoms with Gasteiger partial charge in [0.2, 0.25) is 0 Å². The van der Waals surface area contributed by atoms with Crippen LogP contribution >= 0.6 is 0 Å². The lowest BCUT2D eigenvalue weighted by atomic mass is 9.72. The number of H-pyrrole nitrogens is 1. The minimum Gasteiger partial charge on any atom is -0.496 e. The number of ether oxygens (including phenoxy) is 2. The van der Waals surface area contributed by atoms with Crippen molar-refractivity contribution in [2.75, 3.05) is 45.6 Å². The van der Waals surface area contributed by atoms with E-state index in [-0.39, 0.29) is 17.5 Å². The SMILES string of the molecule is CCCCOc1nc(N)c2[nH]c(=O)n(Cc3ccc(CN4CC5(CCNCC5)C4)cc3OC)c2n1. The molecule has 188 valence electrons. The Bertz CT molecular complexity index is 1240. The van der Waals surface area contributed by atoms with Crippen molar-refractivity contribution in [1.82, 2.24) is 29.7 Å². The monoisotopic (exact) mass is 481 g/mol. The van der Waals surface area contributed by atoms with Crippen molar-refractivity contribution >= 4 is 17.0 Å². The van der Waals surface area contributed by atoms with Crippen molar-refractivity contribution in [3.63, 3.8) is 0 Å². The molecule has 35 heavy (non-hydrogen) atoms. The molecule has 0 amide bonds. The second-order valence-corrected chi connectivity index (χ2v) is 9.85. The average Bonchev–Trinajstić information content (AvgIpc) is 3.15. The maximum atomic E-state index is 12.8. The van der Waals surface area contributed by atoms with E-state index in [2.05, 4.69) is 44.2 Å². The van der Waals surface area contributed by atoms with Crippen LogP contribution < -0.4 is 26.2 Å². The smallest absolute Gasteiger partial charge is 0.328 e. The van der Waals surface area contributed by atoms with Crippen molar-refractivity contribution in [3.05, 3.63) is 39.8 Å². The molecule has 10 heteroatoms. The molecule has 0 aliphatic carbocycles. The molecule has 4 N–H and O–H groups in total. The Morgan fingerprint density at radius 2 is 1.97 bits per heavy atom. The van der Waals surface area contributed by atoms with Gasteiger partial charge in [-0.3, -0.25) is 9.47 Å². The first kappa shape index (κ1) is 23.6. The molecule has 2 saturated heterocycles. The minimum absolute atomic E-state index is 0.180. The van der Waals surface area contributed by atoms with Gasteiger partial charge in [0.15, 0.2) is 11.5 Å². The predicted molar refractivity (Wildman–Crippen MR) is 135 cm³/mol. The van der Waals surface area contributed by atoms with E-state index in [1.807, 2.05) is 6.07 Å². The molecule has 2 aromatic heterocycles. The first-order chi connectivity index (χ1) is 17.0. The molecule has 0 atom stereocenters. The van der Waals surface area contributed by atoms with Crippen molar-refractivity contribution in [2.24, 2.45) is 5.41 Å². The van der Waals surface area contributed by atoms with Gasteiger partial charge in [-0.05, 0) is 49.4 Å². The van der Waals surface area contributed by atoms with Crippen molar-refractivity contribution in [3.8, 4) is 11.8 Å². The number of benzene rings is 1. The third-order valence-corrected chi connectivity index (χ3v) is 7.23. The van der Waals surface area contributed by atoms with Gasteiger partial charge >= 0.3 is 11.7 Å². The van der Waals surface area contributed by atoms with Gasteiger partial charge < -0.3 is 25.5 Å². The Hall–Kier alpha value is -3.11. The molecule has 1 spiro atoms. The van der Waals surface area contributed by atoms with Gasteiger partial charge in [0, 0.05) is 25.2 Å². The maximum Gasteiger partial charge on any atom is 0.328 e. The number of nitrogens with two attached hydrogens (primary N) is 1. The van der Waals surface area contributed by atoms with Crippen LogP contribution in [0, 0.1) is 5.41 Å². The number of hydrogen-bond acceptors (Lipinski definition) is 8. The van der Waals surface area contributed by atoms with Gasteiger partial charge in [-0.25, -0.2) is 4.79 Å². The van der Waals surface area contributed by atoms with Crippen molar-refractivity contribution in [2.45, 2.75) is 45.7 Å². The highest BCUT2D eigenvalue weighted by atomic mass is 16.5. The van der Waals surface area contributed by atoms with Crippen LogP contribution in [0.15, 0.2) is 23.0 Å². The summed E-state index contributed by atoms with van der Waals surface area (Å²) in [7, 11) is 1.66. The first-order valence-electron chi connectivity index (χ1n) is 12.5. The molecule has 5 rings (SSSR count). The van der Waals surface area contributed by atoms with Crippen LogP contribution in [0.4, 0.5) is 5.82 Å². The normalized spacial score (nSPS) is 17.5. The minimum atomic E-state index is -0.300. The molecule has 2 aliphatic rings. The largest absolute Gasteiger partial charge is 0.496 e. The number of imidazole rings is 1. The van der Waals surface area contributed by atoms with Gasteiger partial charge in [-0.15, -0.1) is 0 Å².